The number of nitrogens with zero attached hydrogens (tertiary/aromatic N) is 1. The van der Waals surface area contributed by atoms with Crippen LogP contribution in [0.25, 0.3) is 0 Å². The number of hydrogen-bond donors (Lipinski definition) is 3. The van der Waals surface area contributed by atoms with Crippen molar-refractivity contribution in [3.05, 3.63) is 65.4 Å². The van der Waals surface area contributed by atoms with Gasteiger partial charge in [-0.3, -0.25) is 4.79 Å². The van der Waals surface area contributed by atoms with E-state index in [4.69, 9.17) is 9.84 Å². The summed E-state index contributed by atoms with van der Waals surface area (Å²) in [6.07, 6.45) is 0. The molecule has 1 aliphatic rings. The molecule has 0 spiro atoms. The van der Waals surface area contributed by atoms with Gasteiger partial charge in [-0.25, -0.2) is 9.59 Å². The molecule has 0 atom stereocenters. The minimum atomic E-state index is -1.11. The van der Waals surface area contributed by atoms with Crippen LogP contribution in [0.1, 0.15) is 10.4 Å². The van der Waals surface area contributed by atoms with Crippen LogP contribution >= 0.6 is 11.8 Å². The SMILES string of the molecule is COC(=O)C1=C(Nc2ccc(Sc3ccccc3)c(C(=O)O)c2)C(=O)N(CCO)C1. The fourth-order valence-corrected chi connectivity index (χ4v) is 3.91. The molecule has 0 aliphatic carbocycles. The number of rotatable bonds is 8. The molecule has 0 aromatic heterocycles. The molecule has 0 radical (unpaired) electrons. The number of carbonyl (C=O) groups is 3. The summed E-state index contributed by atoms with van der Waals surface area (Å²) < 4.78 is 4.75. The van der Waals surface area contributed by atoms with Crippen molar-refractivity contribution >= 4 is 35.3 Å². The van der Waals surface area contributed by atoms with Crippen LogP contribution in [-0.2, 0) is 14.3 Å². The van der Waals surface area contributed by atoms with Gasteiger partial charge in [-0.05, 0) is 30.3 Å². The summed E-state index contributed by atoms with van der Waals surface area (Å²) in [5.41, 5.74) is 0.540. The van der Waals surface area contributed by atoms with Crippen LogP contribution in [0.4, 0.5) is 5.69 Å². The second kappa shape index (κ2) is 9.47. The lowest BCUT2D eigenvalue weighted by molar-refractivity contribution is -0.136. The van der Waals surface area contributed by atoms with E-state index in [9.17, 15) is 19.5 Å². The summed E-state index contributed by atoms with van der Waals surface area (Å²) in [5, 5.41) is 21.6. The minimum absolute atomic E-state index is 0.00211. The molecule has 1 amide bonds. The Bertz CT molecular complexity index is 1010. The molecule has 1 aliphatic heterocycles. The third-order valence-electron chi connectivity index (χ3n) is 4.40. The van der Waals surface area contributed by atoms with E-state index < -0.39 is 17.8 Å². The van der Waals surface area contributed by atoms with Gasteiger partial charge in [0.1, 0.15) is 5.70 Å². The summed E-state index contributed by atoms with van der Waals surface area (Å²) in [6, 6.07) is 14.1. The van der Waals surface area contributed by atoms with Crippen molar-refractivity contribution in [1.82, 2.24) is 4.90 Å². The third kappa shape index (κ3) is 4.64. The fraction of sp³-hybridized carbons (Fsp3) is 0.190. The molecule has 3 N–H and O–H groups in total. The highest BCUT2D eigenvalue weighted by Crippen LogP contribution is 2.33. The highest BCUT2D eigenvalue weighted by atomic mass is 32.2. The second-order valence-corrected chi connectivity index (χ2v) is 7.47. The van der Waals surface area contributed by atoms with Crippen molar-refractivity contribution in [2.45, 2.75) is 9.79 Å². The first kappa shape index (κ1) is 21.4. The Hall–Kier alpha value is -3.30. The molecule has 0 bridgehead atoms. The lowest BCUT2D eigenvalue weighted by Crippen LogP contribution is -2.31. The molecule has 0 saturated heterocycles. The third-order valence-corrected chi connectivity index (χ3v) is 5.49. The number of esters is 1. The van der Waals surface area contributed by atoms with Crippen LogP contribution in [0.2, 0.25) is 0 Å². The summed E-state index contributed by atoms with van der Waals surface area (Å²) in [6.45, 7) is -0.179. The van der Waals surface area contributed by atoms with E-state index in [0.29, 0.717) is 10.6 Å². The van der Waals surface area contributed by atoms with Crippen molar-refractivity contribution in [3.63, 3.8) is 0 Å². The van der Waals surface area contributed by atoms with Gasteiger partial charge in [-0.2, -0.15) is 0 Å². The van der Waals surface area contributed by atoms with Gasteiger partial charge < -0.3 is 25.2 Å². The number of aromatic carboxylic acids is 1. The van der Waals surface area contributed by atoms with Crippen LogP contribution in [0.15, 0.2) is 69.6 Å². The molecule has 3 rings (SSSR count). The molecule has 0 saturated carbocycles. The molecule has 8 nitrogen and oxygen atoms in total. The molecule has 0 unspecified atom stereocenters. The first-order valence-corrected chi connectivity index (χ1v) is 9.85. The maximum absolute atomic E-state index is 12.6. The largest absolute Gasteiger partial charge is 0.478 e. The lowest BCUT2D eigenvalue weighted by Gasteiger charge is -2.15. The highest BCUT2D eigenvalue weighted by molar-refractivity contribution is 7.99. The van der Waals surface area contributed by atoms with E-state index in [2.05, 4.69) is 5.32 Å². The molecule has 2 aromatic rings. The van der Waals surface area contributed by atoms with Crippen molar-refractivity contribution in [2.75, 3.05) is 32.1 Å². The highest BCUT2D eigenvalue weighted by Gasteiger charge is 2.34. The Morgan fingerprint density at radius 3 is 2.57 bits per heavy atom. The van der Waals surface area contributed by atoms with E-state index in [1.807, 2.05) is 30.3 Å². The number of aliphatic hydroxyl groups excluding tert-OH is 1. The van der Waals surface area contributed by atoms with Crippen LogP contribution < -0.4 is 5.32 Å². The number of carboxylic acid groups (broad SMARTS) is 1. The van der Waals surface area contributed by atoms with Crippen molar-refractivity contribution < 1.29 is 29.3 Å². The average molecular weight is 428 g/mol. The predicted molar refractivity (Wildman–Crippen MR) is 110 cm³/mol. The normalized spacial score (nSPS) is 13.5. The zero-order valence-electron chi connectivity index (χ0n) is 16.1. The second-order valence-electron chi connectivity index (χ2n) is 6.35. The number of anilines is 1. The summed E-state index contributed by atoms with van der Waals surface area (Å²) in [5.74, 6) is -2.25. The molecule has 1 heterocycles. The Morgan fingerprint density at radius 2 is 1.93 bits per heavy atom. The molecule has 156 valence electrons. The quantitative estimate of drug-likeness (QED) is 0.548. The van der Waals surface area contributed by atoms with Gasteiger partial charge in [0.25, 0.3) is 5.91 Å². The first-order valence-electron chi connectivity index (χ1n) is 9.03. The van der Waals surface area contributed by atoms with Gasteiger partial charge in [0, 0.05) is 22.0 Å². The monoisotopic (exact) mass is 428 g/mol. The predicted octanol–water partition coefficient (Wildman–Crippen LogP) is 2.21. The summed E-state index contributed by atoms with van der Waals surface area (Å²) >= 11 is 1.31. The van der Waals surface area contributed by atoms with Crippen LogP contribution in [0.3, 0.4) is 0 Å². The fourth-order valence-electron chi connectivity index (χ4n) is 2.97. The van der Waals surface area contributed by atoms with E-state index in [1.165, 1.54) is 29.8 Å². The number of β-amino-alcohol motifs (C(OH)–C–C–N with tert-alkyl or cyclic N) is 1. The number of ether oxygens (including phenoxy) is 1. The van der Waals surface area contributed by atoms with Gasteiger partial charge in [0.2, 0.25) is 0 Å². The van der Waals surface area contributed by atoms with Crippen molar-refractivity contribution in [1.29, 1.82) is 0 Å². The number of aliphatic hydroxyl groups is 1. The Balaban J connectivity index is 1.91. The zero-order chi connectivity index (χ0) is 21.7. The topological polar surface area (TPSA) is 116 Å². The molecule has 0 fully saturated rings. The number of carbonyl (C=O) groups excluding carboxylic acids is 2. The van der Waals surface area contributed by atoms with E-state index in [1.54, 1.807) is 12.1 Å². The zero-order valence-corrected chi connectivity index (χ0v) is 16.9. The standard InChI is InChI=1S/C21H20N2O6S/c1-29-21(28)16-12-23(9-10-24)19(25)18(16)22-13-7-8-17(15(11-13)20(26)27)30-14-5-3-2-4-6-14/h2-8,11,22,24H,9-10,12H2,1H3,(H,26,27). The molecular weight excluding hydrogens is 408 g/mol. The maximum Gasteiger partial charge on any atom is 0.337 e. The first-order chi connectivity index (χ1) is 14.4. The van der Waals surface area contributed by atoms with Crippen molar-refractivity contribution in [2.24, 2.45) is 0 Å². The van der Waals surface area contributed by atoms with Crippen molar-refractivity contribution in [3.8, 4) is 0 Å². The van der Waals surface area contributed by atoms with E-state index in [-0.39, 0.29) is 36.5 Å². The summed E-state index contributed by atoms with van der Waals surface area (Å²) in [4.78, 5) is 39.2. The number of nitrogens with one attached hydrogen (secondary N) is 1. The van der Waals surface area contributed by atoms with Gasteiger partial charge in [0.05, 0.1) is 31.4 Å². The van der Waals surface area contributed by atoms with E-state index in [0.717, 1.165) is 4.90 Å². The molecule has 2 aromatic carbocycles. The van der Waals surface area contributed by atoms with Gasteiger partial charge in [0.15, 0.2) is 0 Å². The number of methoxy groups -OCH3 is 1. The number of benzene rings is 2. The minimum Gasteiger partial charge on any atom is -0.478 e. The molecule has 9 heteroatoms. The number of hydrogen-bond acceptors (Lipinski definition) is 7. The molecule has 30 heavy (non-hydrogen) atoms. The Labute approximate surface area is 177 Å². The Kier molecular flexibility index (Phi) is 6.76. The maximum atomic E-state index is 12.6. The average Bonchev–Trinajstić information content (AvgIpc) is 3.05. The van der Waals surface area contributed by atoms with Gasteiger partial charge in [-0.15, -0.1) is 0 Å². The smallest absolute Gasteiger partial charge is 0.337 e. The molecular formula is C21H20N2O6S. The Morgan fingerprint density at radius 1 is 1.20 bits per heavy atom. The van der Waals surface area contributed by atoms with Crippen LogP contribution in [-0.4, -0.2) is 59.8 Å². The van der Waals surface area contributed by atoms with Crippen LogP contribution in [0.5, 0.6) is 0 Å². The van der Waals surface area contributed by atoms with E-state index >= 15 is 0 Å². The van der Waals surface area contributed by atoms with Gasteiger partial charge >= 0.3 is 11.9 Å². The van der Waals surface area contributed by atoms with Gasteiger partial charge in [-0.1, -0.05) is 30.0 Å². The summed E-state index contributed by atoms with van der Waals surface area (Å²) in [7, 11) is 1.21. The van der Waals surface area contributed by atoms with Crippen LogP contribution in [0, 0.1) is 0 Å². The number of carboxylic acids is 1. The lowest BCUT2D eigenvalue weighted by atomic mass is 10.1. The number of amides is 1.